The van der Waals surface area contributed by atoms with Crippen LogP contribution in [0.25, 0.3) is 20.8 Å². The lowest BCUT2D eigenvalue weighted by Gasteiger charge is -2.13. The van der Waals surface area contributed by atoms with Crippen LogP contribution in [-0.4, -0.2) is 10.9 Å². The van der Waals surface area contributed by atoms with Crippen molar-refractivity contribution in [3.63, 3.8) is 0 Å². The molecule has 6 heteroatoms. The van der Waals surface area contributed by atoms with E-state index in [1.165, 1.54) is 11.3 Å². The predicted molar refractivity (Wildman–Crippen MR) is 114 cm³/mol. The number of thiazole rings is 1. The fraction of sp³-hybridized carbons (Fsp3) is 0.0476. The molecule has 1 amide bonds. The van der Waals surface area contributed by atoms with E-state index in [9.17, 15) is 4.79 Å². The van der Waals surface area contributed by atoms with Gasteiger partial charge in [-0.05, 0) is 42.8 Å². The highest BCUT2D eigenvalue weighted by atomic mass is 35.5. The van der Waals surface area contributed by atoms with Crippen molar-refractivity contribution in [1.82, 2.24) is 4.98 Å². The Morgan fingerprint density at radius 3 is 2.56 bits per heavy atom. The molecule has 0 atom stereocenters. The van der Waals surface area contributed by atoms with Crippen molar-refractivity contribution >= 4 is 56.3 Å². The predicted octanol–water partition coefficient (Wildman–Crippen LogP) is 6.83. The third-order valence-corrected chi connectivity index (χ3v) is 5.79. The number of aromatic nitrogens is 1. The van der Waals surface area contributed by atoms with Crippen molar-refractivity contribution in [2.24, 2.45) is 0 Å². The zero-order valence-corrected chi connectivity index (χ0v) is 16.6. The molecular formula is C21H14Cl2N2OS. The number of hydrogen-bond donors (Lipinski definition) is 1. The summed E-state index contributed by atoms with van der Waals surface area (Å²) in [7, 11) is 0. The molecule has 4 rings (SSSR count). The average molecular weight is 413 g/mol. The molecular weight excluding hydrogens is 399 g/mol. The number of fused-ring (bicyclic) bond motifs is 1. The van der Waals surface area contributed by atoms with Gasteiger partial charge in [0, 0.05) is 16.1 Å². The highest BCUT2D eigenvalue weighted by Gasteiger charge is 2.18. The summed E-state index contributed by atoms with van der Waals surface area (Å²) in [4.78, 5) is 17.5. The molecule has 0 saturated heterocycles. The molecule has 1 heterocycles. The summed E-state index contributed by atoms with van der Waals surface area (Å²) in [5.74, 6) is -0.223. The van der Waals surface area contributed by atoms with Crippen LogP contribution in [0.5, 0.6) is 0 Å². The van der Waals surface area contributed by atoms with E-state index < -0.39 is 0 Å². The number of hydrogen-bond acceptors (Lipinski definition) is 3. The summed E-state index contributed by atoms with van der Waals surface area (Å²) in [6, 6.07) is 18.7. The second kappa shape index (κ2) is 7.31. The Bertz CT molecular complexity index is 1140. The molecule has 27 heavy (non-hydrogen) atoms. The molecule has 3 aromatic carbocycles. The van der Waals surface area contributed by atoms with E-state index in [-0.39, 0.29) is 5.91 Å². The van der Waals surface area contributed by atoms with E-state index in [0.717, 1.165) is 20.8 Å². The van der Waals surface area contributed by atoms with Crippen LogP contribution in [0.4, 0.5) is 5.69 Å². The van der Waals surface area contributed by atoms with Crippen LogP contribution >= 0.6 is 34.5 Å². The molecule has 134 valence electrons. The van der Waals surface area contributed by atoms with Gasteiger partial charge in [-0.2, -0.15) is 0 Å². The van der Waals surface area contributed by atoms with Crippen LogP contribution in [0.3, 0.4) is 0 Å². The van der Waals surface area contributed by atoms with E-state index in [1.54, 1.807) is 18.2 Å². The molecule has 0 aliphatic rings. The first-order chi connectivity index (χ1) is 13.0. The number of nitrogens with one attached hydrogen (secondary N) is 1. The van der Waals surface area contributed by atoms with Gasteiger partial charge < -0.3 is 5.32 Å². The van der Waals surface area contributed by atoms with E-state index >= 15 is 0 Å². The van der Waals surface area contributed by atoms with Crippen LogP contribution in [0.15, 0.2) is 60.7 Å². The molecule has 0 bridgehead atoms. The van der Waals surface area contributed by atoms with E-state index in [0.29, 0.717) is 26.9 Å². The summed E-state index contributed by atoms with van der Waals surface area (Å²) in [6.45, 7) is 1.90. The number of carbonyl (C=O) groups excluding carboxylic acids is 1. The standard InChI is InChI=1S/C21H14Cl2N2OS/c1-12-6-2-3-7-14(12)20(26)25-19-15(10-13(22)11-16(19)23)21-24-17-8-4-5-9-18(17)27-21/h2-11H,1H3,(H,25,26). The van der Waals surface area contributed by atoms with Gasteiger partial charge in [0.05, 0.1) is 20.9 Å². The summed E-state index contributed by atoms with van der Waals surface area (Å²) in [5, 5.41) is 4.56. The van der Waals surface area contributed by atoms with Gasteiger partial charge in [0.15, 0.2) is 0 Å². The van der Waals surface area contributed by atoms with Crippen molar-refractivity contribution in [3.05, 3.63) is 81.8 Å². The molecule has 0 unspecified atom stereocenters. The Morgan fingerprint density at radius 2 is 1.78 bits per heavy atom. The minimum atomic E-state index is -0.223. The first kappa shape index (κ1) is 18.0. The highest BCUT2D eigenvalue weighted by molar-refractivity contribution is 7.21. The summed E-state index contributed by atoms with van der Waals surface area (Å²) >= 11 is 14.2. The SMILES string of the molecule is Cc1ccccc1C(=O)Nc1c(Cl)cc(Cl)cc1-c1nc2ccccc2s1. The third-order valence-electron chi connectivity index (χ3n) is 4.21. The second-order valence-electron chi connectivity index (χ2n) is 6.07. The first-order valence-corrected chi connectivity index (χ1v) is 9.82. The van der Waals surface area contributed by atoms with Gasteiger partial charge in [0.1, 0.15) is 5.01 Å². The maximum absolute atomic E-state index is 12.8. The maximum atomic E-state index is 12.8. The molecule has 1 aromatic heterocycles. The molecule has 0 aliphatic heterocycles. The Morgan fingerprint density at radius 1 is 1.04 bits per heavy atom. The van der Waals surface area contributed by atoms with Crippen molar-refractivity contribution in [2.45, 2.75) is 6.92 Å². The Kier molecular flexibility index (Phi) is 4.87. The van der Waals surface area contributed by atoms with Gasteiger partial charge in [0.2, 0.25) is 0 Å². The number of nitrogens with zero attached hydrogens (tertiary/aromatic N) is 1. The maximum Gasteiger partial charge on any atom is 0.255 e. The van der Waals surface area contributed by atoms with Crippen molar-refractivity contribution < 1.29 is 4.79 Å². The van der Waals surface area contributed by atoms with Crippen LogP contribution in [-0.2, 0) is 0 Å². The Hall–Kier alpha value is -2.40. The quantitative estimate of drug-likeness (QED) is 0.400. The van der Waals surface area contributed by atoms with Crippen LogP contribution < -0.4 is 5.32 Å². The number of benzene rings is 3. The Labute approximate surface area is 170 Å². The second-order valence-corrected chi connectivity index (χ2v) is 7.94. The van der Waals surface area contributed by atoms with Gasteiger partial charge in [-0.3, -0.25) is 4.79 Å². The van der Waals surface area contributed by atoms with Gasteiger partial charge in [-0.1, -0.05) is 53.5 Å². The number of anilines is 1. The lowest BCUT2D eigenvalue weighted by molar-refractivity contribution is 0.102. The molecule has 0 saturated carbocycles. The molecule has 0 spiro atoms. The number of rotatable bonds is 3. The van der Waals surface area contributed by atoms with Crippen molar-refractivity contribution in [3.8, 4) is 10.6 Å². The summed E-state index contributed by atoms with van der Waals surface area (Å²) in [6.07, 6.45) is 0. The van der Waals surface area contributed by atoms with Gasteiger partial charge in [-0.25, -0.2) is 4.98 Å². The number of carbonyl (C=O) groups is 1. The van der Waals surface area contributed by atoms with E-state index in [2.05, 4.69) is 10.3 Å². The van der Waals surface area contributed by atoms with Gasteiger partial charge in [0.25, 0.3) is 5.91 Å². The molecule has 0 aliphatic carbocycles. The number of amides is 1. The fourth-order valence-corrected chi connectivity index (χ4v) is 4.39. The zero-order valence-electron chi connectivity index (χ0n) is 14.3. The van der Waals surface area contributed by atoms with Crippen LogP contribution in [0.2, 0.25) is 10.0 Å². The zero-order chi connectivity index (χ0) is 19.0. The normalized spacial score (nSPS) is 10.9. The van der Waals surface area contributed by atoms with Crippen molar-refractivity contribution in [1.29, 1.82) is 0 Å². The van der Waals surface area contributed by atoms with E-state index in [1.807, 2.05) is 49.4 Å². The molecule has 4 aromatic rings. The largest absolute Gasteiger partial charge is 0.320 e. The lowest BCUT2D eigenvalue weighted by Crippen LogP contribution is -2.14. The fourth-order valence-electron chi connectivity index (χ4n) is 2.87. The minimum absolute atomic E-state index is 0.223. The number of aryl methyl sites for hydroxylation is 1. The molecule has 1 N–H and O–H groups in total. The highest BCUT2D eigenvalue weighted by Crippen LogP contribution is 2.40. The number of halogens is 2. The summed E-state index contributed by atoms with van der Waals surface area (Å²) < 4.78 is 1.06. The van der Waals surface area contributed by atoms with Crippen LogP contribution in [0, 0.1) is 6.92 Å². The van der Waals surface area contributed by atoms with Crippen LogP contribution in [0.1, 0.15) is 15.9 Å². The third kappa shape index (κ3) is 3.56. The Balaban J connectivity index is 1.81. The first-order valence-electron chi connectivity index (χ1n) is 8.25. The van der Waals surface area contributed by atoms with Gasteiger partial charge >= 0.3 is 0 Å². The monoisotopic (exact) mass is 412 g/mol. The van der Waals surface area contributed by atoms with Crippen molar-refractivity contribution in [2.75, 3.05) is 5.32 Å². The van der Waals surface area contributed by atoms with E-state index in [4.69, 9.17) is 23.2 Å². The molecule has 3 nitrogen and oxygen atoms in total. The molecule has 0 radical (unpaired) electrons. The number of para-hydroxylation sites is 1. The molecule has 0 fully saturated rings. The smallest absolute Gasteiger partial charge is 0.255 e. The summed E-state index contributed by atoms with van der Waals surface area (Å²) in [5.41, 5.74) is 3.59. The minimum Gasteiger partial charge on any atom is -0.320 e. The topological polar surface area (TPSA) is 42.0 Å². The average Bonchev–Trinajstić information content (AvgIpc) is 3.08. The lowest BCUT2D eigenvalue weighted by atomic mass is 10.1. The van der Waals surface area contributed by atoms with Gasteiger partial charge in [-0.15, -0.1) is 11.3 Å².